The molecule has 0 aliphatic carbocycles. The molecule has 0 aliphatic heterocycles. The van der Waals surface area contributed by atoms with Crippen molar-refractivity contribution in [3.63, 3.8) is 0 Å². The molecule has 0 atom stereocenters. The number of aromatic nitrogens is 2. The van der Waals surface area contributed by atoms with E-state index in [9.17, 15) is 0 Å². The zero-order chi connectivity index (χ0) is 35.8. The molecule has 2 aromatic carbocycles. The third-order valence-electron chi connectivity index (χ3n) is 10.5. The molecule has 0 bridgehead atoms. The molecule has 0 N–H and O–H groups in total. The van der Waals surface area contributed by atoms with Gasteiger partial charge >= 0.3 is 5.88 Å². The van der Waals surface area contributed by atoms with E-state index < -0.39 is 0 Å². The van der Waals surface area contributed by atoms with Crippen molar-refractivity contribution < 1.29 is 26.3 Å². The molecular formula is C46H75BrN2O. The van der Waals surface area contributed by atoms with Gasteiger partial charge in [-0.1, -0.05) is 195 Å². The van der Waals surface area contributed by atoms with E-state index in [1.165, 1.54) is 136 Å². The summed E-state index contributed by atoms with van der Waals surface area (Å²) in [5.74, 6) is 2.66. The number of unbranched alkanes of at least 4 members (excludes halogenated alkanes) is 15. The summed E-state index contributed by atoms with van der Waals surface area (Å²) in [4.78, 5) is 0. The second-order valence-corrected chi connectivity index (χ2v) is 16.1. The van der Waals surface area contributed by atoms with E-state index in [0.717, 1.165) is 18.9 Å². The van der Waals surface area contributed by atoms with Crippen LogP contribution in [0.2, 0.25) is 0 Å². The van der Waals surface area contributed by atoms with Crippen molar-refractivity contribution >= 4 is 0 Å². The smallest absolute Gasteiger partial charge is 0.333 e. The van der Waals surface area contributed by atoms with Gasteiger partial charge in [0.05, 0.1) is 6.61 Å². The highest BCUT2D eigenvalue weighted by atomic mass is 79.9. The molecule has 0 fully saturated rings. The lowest BCUT2D eigenvalue weighted by atomic mass is 9.92. The topological polar surface area (TPSA) is 18.0 Å². The van der Waals surface area contributed by atoms with Crippen molar-refractivity contribution in [1.29, 1.82) is 0 Å². The van der Waals surface area contributed by atoms with E-state index in [2.05, 4.69) is 121 Å². The van der Waals surface area contributed by atoms with E-state index >= 15 is 0 Å². The Labute approximate surface area is 319 Å². The highest BCUT2D eigenvalue weighted by molar-refractivity contribution is 5.53. The first-order valence-corrected chi connectivity index (χ1v) is 20.6. The fourth-order valence-electron chi connectivity index (χ4n) is 7.49. The first kappa shape index (κ1) is 44.1. The molecule has 0 saturated carbocycles. The highest BCUT2D eigenvalue weighted by Gasteiger charge is 2.31. The molecule has 0 unspecified atom stereocenters. The van der Waals surface area contributed by atoms with E-state index in [4.69, 9.17) is 4.74 Å². The lowest BCUT2D eigenvalue weighted by molar-refractivity contribution is -0.603. The molecule has 1 heterocycles. The van der Waals surface area contributed by atoms with E-state index in [1.807, 2.05) is 0 Å². The Morgan fingerprint density at radius 2 is 0.900 bits per heavy atom. The van der Waals surface area contributed by atoms with Crippen LogP contribution in [0.15, 0.2) is 42.7 Å². The van der Waals surface area contributed by atoms with Gasteiger partial charge in [-0.3, -0.25) is 0 Å². The molecule has 0 spiro atoms. The fourth-order valence-corrected chi connectivity index (χ4v) is 7.49. The quantitative estimate of drug-likeness (QED) is 0.0658. The Kier molecular flexibility index (Phi) is 20.7. The summed E-state index contributed by atoms with van der Waals surface area (Å²) in [6.07, 6.45) is 24.4. The third-order valence-corrected chi connectivity index (χ3v) is 10.5. The molecular weight excluding hydrogens is 676 g/mol. The number of rotatable bonds is 24. The van der Waals surface area contributed by atoms with Crippen LogP contribution in [0.1, 0.15) is 217 Å². The minimum absolute atomic E-state index is 0. The molecule has 282 valence electrons. The number of hydrogen-bond acceptors (Lipinski definition) is 1. The Hall–Kier alpha value is -2.07. The number of nitrogens with zero attached hydrogens (tertiary/aromatic N) is 2. The van der Waals surface area contributed by atoms with Crippen molar-refractivity contribution in [2.45, 2.75) is 196 Å². The Morgan fingerprint density at radius 1 is 0.540 bits per heavy atom. The number of ether oxygens (including phenoxy) is 1. The maximum Gasteiger partial charge on any atom is 0.333 e. The lowest BCUT2D eigenvalue weighted by Gasteiger charge is -2.17. The summed E-state index contributed by atoms with van der Waals surface area (Å²) in [6, 6.07) is 13.7. The van der Waals surface area contributed by atoms with Gasteiger partial charge in [-0.05, 0) is 30.1 Å². The normalized spacial score (nSPS) is 11.7. The van der Waals surface area contributed by atoms with E-state index in [-0.39, 0.29) is 17.0 Å². The van der Waals surface area contributed by atoms with Gasteiger partial charge in [-0.15, -0.1) is 0 Å². The summed E-state index contributed by atoms with van der Waals surface area (Å²) >= 11 is 0. The summed E-state index contributed by atoms with van der Waals surface area (Å²) < 4.78 is 11.7. The van der Waals surface area contributed by atoms with Crippen LogP contribution >= 0.6 is 0 Å². The number of imidazole rings is 1. The summed E-state index contributed by atoms with van der Waals surface area (Å²) in [7, 11) is 0. The third kappa shape index (κ3) is 12.9. The summed E-state index contributed by atoms with van der Waals surface area (Å²) in [5.41, 5.74) is 9.33. The summed E-state index contributed by atoms with van der Waals surface area (Å²) in [5, 5.41) is 0. The van der Waals surface area contributed by atoms with Gasteiger partial charge in [0.2, 0.25) is 0 Å². The molecule has 0 saturated heterocycles. The minimum atomic E-state index is 0. The first-order chi connectivity index (χ1) is 23.6. The van der Waals surface area contributed by atoms with Crippen LogP contribution in [0.5, 0.6) is 5.88 Å². The average molecular weight is 752 g/mol. The van der Waals surface area contributed by atoms with Crippen LogP contribution in [0.25, 0.3) is 11.4 Å². The Morgan fingerprint density at radius 3 is 1.28 bits per heavy atom. The maximum absolute atomic E-state index is 6.86. The zero-order valence-corrected chi connectivity index (χ0v) is 35.6. The van der Waals surface area contributed by atoms with Gasteiger partial charge in [-0.2, -0.15) is 9.13 Å². The number of hydrogen-bond donors (Lipinski definition) is 0. The monoisotopic (exact) mass is 751 g/mol. The number of para-hydroxylation sites is 2. The average Bonchev–Trinajstić information content (AvgIpc) is 3.39. The van der Waals surface area contributed by atoms with Crippen molar-refractivity contribution in [3.8, 4) is 17.3 Å². The molecule has 1 aromatic heterocycles. The van der Waals surface area contributed by atoms with Gasteiger partial charge in [-0.25, -0.2) is 0 Å². The standard InChI is InChI=1S/C46H75N2O.BrH/c1-11-12-13-14-15-16-17-18-19-20-21-22-23-24-25-26-33-49-46-39(10)47(44-40(35(2)3)29-27-30-41(44)36(4)5)34-48(46)45-42(37(6)7)31-28-32-43(45)38(8)9;/h27-32,34-38H,11-26,33H2,1-10H3;1H/q+1;/p-1. The van der Waals surface area contributed by atoms with Crippen molar-refractivity contribution in [2.24, 2.45) is 0 Å². The van der Waals surface area contributed by atoms with Crippen LogP contribution in [0.4, 0.5) is 0 Å². The van der Waals surface area contributed by atoms with Crippen LogP contribution in [0, 0.1) is 6.92 Å². The number of halogens is 1. The van der Waals surface area contributed by atoms with Gasteiger partial charge in [0.25, 0.3) is 6.33 Å². The zero-order valence-electron chi connectivity index (χ0n) is 34.1. The van der Waals surface area contributed by atoms with E-state index in [0.29, 0.717) is 23.7 Å². The van der Waals surface area contributed by atoms with Gasteiger partial charge in [0.15, 0.2) is 5.69 Å². The van der Waals surface area contributed by atoms with Gasteiger partial charge in [0.1, 0.15) is 11.4 Å². The Bertz CT molecular complexity index is 1320. The van der Waals surface area contributed by atoms with Gasteiger partial charge < -0.3 is 21.7 Å². The highest BCUT2D eigenvalue weighted by Crippen LogP contribution is 2.35. The van der Waals surface area contributed by atoms with Crippen LogP contribution < -0.4 is 26.3 Å². The largest absolute Gasteiger partial charge is 1.00 e. The van der Waals surface area contributed by atoms with Gasteiger partial charge in [0, 0.05) is 29.2 Å². The molecule has 4 heteroatoms. The molecule has 0 radical (unpaired) electrons. The summed E-state index contributed by atoms with van der Waals surface area (Å²) in [6.45, 7) is 23.8. The molecule has 50 heavy (non-hydrogen) atoms. The number of benzene rings is 2. The lowest BCUT2D eigenvalue weighted by Crippen LogP contribution is -3.00. The molecule has 3 aromatic rings. The SMILES string of the molecule is CCCCCCCCCCCCCCCCCCOc1c(C)n(-c2c(C(C)C)cccc2C(C)C)c[n+]1-c1c(C(C)C)cccc1C(C)C.[Br-]. The fraction of sp³-hybridized carbons (Fsp3) is 0.674. The predicted molar refractivity (Wildman–Crippen MR) is 213 cm³/mol. The maximum atomic E-state index is 6.86. The Balaban J connectivity index is 0.00000867. The van der Waals surface area contributed by atoms with Crippen molar-refractivity contribution in [3.05, 3.63) is 70.7 Å². The second-order valence-electron chi connectivity index (χ2n) is 16.1. The van der Waals surface area contributed by atoms with Crippen molar-refractivity contribution in [2.75, 3.05) is 6.61 Å². The molecule has 0 amide bonds. The first-order valence-electron chi connectivity index (χ1n) is 20.6. The predicted octanol–water partition coefficient (Wildman–Crippen LogP) is 11.2. The second kappa shape index (κ2) is 23.5. The minimum Gasteiger partial charge on any atom is -1.00 e. The molecule has 0 aliphatic rings. The van der Waals surface area contributed by atoms with Crippen LogP contribution in [0.3, 0.4) is 0 Å². The van der Waals surface area contributed by atoms with Crippen molar-refractivity contribution in [1.82, 2.24) is 4.57 Å². The van der Waals surface area contributed by atoms with Crippen LogP contribution in [-0.2, 0) is 0 Å². The molecule has 3 nitrogen and oxygen atoms in total. The van der Waals surface area contributed by atoms with Crippen LogP contribution in [-0.4, -0.2) is 11.2 Å². The molecule has 3 rings (SSSR count). The van der Waals surface area contributed by atoms with E-state index in [1.54, 1.807) is 0 Å².